The van der Waals surface area contributed by atoms with E-state index in [1.807, 2.05) is 10.6 Å². The van der Waals surface area contributed by atoms with E-state index in [0.717, 1.165) is 43.8 Å². The van der Waals surface area contributed by atoms with Gasteiger partial charge in [-0.2, -0.15) is 9.61 Å². The highest BCUT2D eigenvalue weighted by Crippen LogP contribution is 2.39. The summed E-state index contributed by atoms with van der Waals surface area (Å²) < 4.78 is 1.95. The quantitative estimate of drug-likeness (QED) is 0.846. The lowest BCUT2D eigenvalue weighted by Crippen LogP contribution is -2.38. The van der Waals surface area contributed by atoms with Gasteiger partial charge in [0.1, 0.15) is 0 Å². The predicted octanol–water partition coefficient (Wildman–Crippen LogP) is 3.29. The molecule has 2 aromatic rings. The van der Waals surface area contributed by atoms with Crippen LogP contribution in [0, 0.1) is 5.92 Å². The Hall–Kier alpha value is -1.98. The second kappa shape index (κ2) is 6.63. The fraction of sp³-hybridized carbons (Fsp3) is 0.700. The second-order valence-corrected chi connectivity index (χ2v) is 8.37. The molecule has 3 heterocycles. The number of carbonyl (C=O) groups is 1. The molecule has 6 nitrogen and oxygen atoms in total. The molecule has 0 N–H and O–H groups in total. The van der Waals surface area contributed by atoms with Gasteiger partial charge in [0.25, 0.3) is 0 Å². The third-order valence-electron chi connectivity index (χ3n) is 6.45. The summed E-state index contributed by atoms with van der Waals surface area (Å²) in [6.07, 6.45) is 10.3. The minimum absolute atomic E-state index is 0.350. The third kappa shape index (κ3) is 3.10. The van der Waals surface area contributed by atoms with Crippen molar-refractivity contribution in [3.63, 3.8) is 0 Å². The molecule has 2 aromatic heterocycles. The molecule has 0 unspecified atom stereocenters. The summed E-state index contributed by atoms with van der Waals surface area (Å²) in [6.45, 7) is 1.68. The van der Waals surface area contributed by atoms with Gasteiger partial charge >= 0.3 is 0 Å². The van der Waals surface area contributed by atoms with E-state index in [9.17, 15) is 4.79 Å². The molecule has 1 aliphatic heterocycles. The van der Waals surface area contributed by atoms with Crippen LogP contribution in [0.4, 0.5) is 0 Å². The summed E-state index contributed by atoms with van der Waals surface area (Å²) in [5.41, 5.74) is 2.01. The zero-order valence-corrected chi connectivity index (χ0v) is 15.3. The lowest BCUT2D eigenvalue weighted by molar-refractivity contribution is -0.133. The normalized spacial score (nSPS) is 22.4. The van der Waals surface area contributed by atoms with Gasteiger partial charge in [0.05, 0.1) is 5.69 Å². The van der Waals surface area contributed by atoms with E-state index in [-0.39, 0.29) is 0 Å². The first kappa shape index (κ1) is 16.2. The van der Waals surface area contributed by atoms with Crippen molar-refractivity contribution in [1.82, 2.24) is 24.7 Å². The molecular formula is C20H27N5O. The van der Waals surface area contributed by atoms with Gasteiger partial charge in [0, 0.05) is 31.3 Å². The molecule has 3 fully saturated rings. The molecule has 2 aliphatic carbocycles. The van der Waals surface area contributed by atoms with Crippen LogP contribution in [0.25, 0.3) is 5.65 Å². The van der Waals surface area contributed by atoms with Crippen molar-refractivity contribution in [3.05, 3.63) is 23.7 Å². The van der Waals surface area contributed by atoms with Crippen LogP contribution in [0.2, 0.25) is 0 Å². The van der Waals surface area contributed by atoms with Gasteiger partial charge in [-0.1, -0.05) is 12.8 Å². The fourth-order valence-corrected chi connectivity index (χ4v) is 4.65. The van der Waals surface area contributed by atoms with E-state index < -0.39 is 0 Å². The highest BCUT2D eigenvalue weighted by atomic mass is 16.2. The van der Waals surface area contributed by atoms with Gasteiger partial charge in [-0.15, -0.1) is 10.2 Å². The first-order valence-corrected chi connectivity index (χ1v) is 10.3. The van der Waals surface area contributed by atoms with Crippen molar-refractivity contribution < 1.29 is 4.79 Å². The number of hydrogen-bond donors (Lipinski definition) is 0. The Morgan fingerprint density at radius 1 is 0.962 bits per heavy atom. The highest BCUT2D eigenvalue weighted by Gasteiger charge is 2.30. The van der Waals surface area contributed by atoms with Crippen LogP contribution >= 0.6 is 0 Å². The number of nitrogens with zero attached hydrogens (tertiary/aromatic N) is 5. The Balaban J connectivity index is 1.25. The number of fused-ring (bicyclic) bond motifs is 1. The molecule has 6 heteroatoms. The van der Waals surface area contributed by atoms with Crippen LogP contribution in [0.1, 0.15) is 81.1 Å². The minimum atomic E-state index is 0.350. The Morgan fingerprint density at radius 3 is 2.46 bits per heavy atom. The molecular weight excluding hydrogens is 326 g/mol. The summed E-state index contributed by atoms with van der Waals surface area (Å²) in [7, 11) is 0. The first-order chi connectivity index (χ1) is 12.8. The summed E-state index contributed by atoms with van der Waals surface area (Å²) in [5, 5.41) is 13.6. The highest BCUT2D eigenvalue weighted by molar-refractivity contribution is 5.76. The number of hydrogen-bond acceptors (Lipinski definition) is 4. The van der Waals surface area contributed by atoms with Crippen LogP contribution in [0.3, 0.4) is 0 Å². The number of piperidine rings is 1. The lowest BCUT2D eigenvalue weighted by Gasteiger charge is -2.31. The maximum atomic E-state index is 12.6. The molecule has 1 amide bonds. The summed E-state index contributed by atoms with van der Waals surface area (Å²) in [4.78, 5) is 14.6. The molecule has 138 valence electrons. The lowest BCUT2D eigenvalue weighted by atomic mass is 9.95. The molecule has 0 aromatic carbocycles. The van der Waals surface area contributed by atoms with E-state index in [0.29, 0.717) is 23.7 Å². The van der Waals surface area contributed by atoms with E-state index >= 15 is 0 Å². The molecule has 0 atom stereocenters. The molecule has 2 saturated carbocycles. The average molecular weight is 353 g/mol. The van der Waals surface area contributed by atoms with Gasteiger partial charge in [0.2, 0.25) is 5.91 Å². The molecule has 5 rings (SSSR count). The zero-order valence-electron chi connectivity index (χ0n) is 15.3. The third-order valence-corrected chi connectivity index (χ3v) is 6.45. The molecule has 3 aliphatic rings. The number of aromatic nitrogens is 4. The fourth-order valence-electron chi connectivity index (χ4n) is 4.65. The van der Waals surface area contributed by atoms with Gasteiger partial charge < -0.3 is 4.90 Å². The van der Waals surface area contributed by atoms with Crippen LogP contribution in [0.5, 0.6) is 0 Å². The van der Waals surface area contributed by atoms with Crippen molar-refractivity contribution in [2.45, 2.75) is 69.6 Å². The van der Waals surface area contributed by atoms with Gasteiger partial charge in [-0.25, -0.2) is 0 Å². The van der Waals surface area contributed by atoms with Crippen LogP contribution in [-0.2, 0) is 4.79 Å². The summed E-state index contributed by atoms with van der Waals surface area (Å²) in [5.74, 6) is 2.94. The molecule has 26 heavy (non-hydrogen) atoms. The number of likely N-dealkylation sites (tertiary alicyclic amines) is 1. The van der Waals surface area contributed by atoms with Gasteiger partial charge in [-0.05, 0) is 56.6 Å². The monoisotopic (exact) mass is 353 g/mol. The van der Waals surface area contributed by atoms with E-state index in [1.54, 1.807) is 0 Å². The van der Waals surface area contributed by atoms with Crippen molar-refractivity contribution in [3.8, 4) is 0 Å². The summed E-state index contributed by atoms with van der Waals surface area (Å²) >= 11 is 0. The maximum Gasteiger partial charge on any atom is 0.222 e. The van der Waals surface area contributed by atoms with Crippen molar-refractivity contribution in [2.75, 3.05) is 13.1 Å². The molecule has 0 radical (unpaired) electrons. The topological polar surface area (TPSA) is 63.4 Å². The van der Waals surface area contributed by atoms with Gasteiger partial charge in [-0.3, -0.25) is 4.79 Å². The van der Waals surface area contributed by atoms with Crippen molar-refractivity contribution >= 4 is 11.6 Å². The second-order valence-electron chi connectivity index (χ2n) is 8.37. The SMILES string of the molecule is O=C(CC1CCCC1)N1CCC(c2nnc3ccc(C4CC4)nn23)CC1. The standard InChI is InChI=1S/C20H27N5O/c26-19(13-14-3-1-2-4-14)24-11-9-16(10-12-24)20-22-21-18-8-7-17(15-5-6-15)23-25(18)20/h7-8,14-16H,1-6,9-13H2. The van der Waals surface area contributed by atoms with Crippen LogP contribution in [0.15, 0.2) is 12.1 Å². The number of carbonyl (C=O) groups excluding carboxylic acids is 1. The number of rotatable bonds is 4. The first-order valence-electron chi connectivity index (χ1n) is 10.3. The average Bonchev–Trinajstić information content (AvgIpc) is 3.24. The Kier molecular flexibility index (Phi) is 4.14. The number of amides is 1. The van der Waals surface area contributed by atoms with E-state index in [4.69, 9.17) is 5.10 Å². The van der Waals surface area contributed by atoms with E-state index in [2.05, 4.69) is 21.2 Å². The molecule has 1 saturated heterocycles. The van der Waals surface area contributed by atoms with E-state index in [1.165, 1.54) is 44.2 Å². The summed E-state index contributed by atoms with van der Waals surface area (Å²) in [6, 6.07) is 4.13. The smallest absolute Gasteiger partial charge is 0.222 e. The zero-order chi connectivity index (χ0) is 17.5. The van der Waals surface area contributed by atoms with Crippen molar-refractivity contribution in [1.29, 1.82) is 0 Å². The van der Waals surface area contributed by atoms with Gasteiger partial charge in [0.15, 0.2) is 11.5 Å². The van der Waals surface area contributed by atoms with Crippen molar-refractivity contribution in [2.24, 2.45) is 5.92 Å². The van der Waals surface area contributed by atoms with Crippen LogP contribution in [-0.4, -0.2) is 43.7 Å². The maximum absolute atomic E-state index is 12.6. The predicted molar refractivity (Wildman–Crippen MR) is 97.9 cm³/mol. The Bertz CT molecular complexity index is 798. The largest absolute Gasteiger partial charge is 0.343 e. The minimum Gasteiger partial charge on any atom is -0.343 e. The molecule has 0 spiro atoms. The Morgan fingerprint density at radius 2 is 1.73 bits per heavy atom. The molecule has 0 bridgehead atoms. The Labute approximate surface area is 154 Å². The van der Waals surface area contributed by atoms with Crippen LogP contribution < -0.4 is 0 Å².